The van der Waals surface area contributed by atoms with E-state index in [4.69, 9.17) is 10.2 Å². The van der Waals surface area contributed by atoms with Crippen molar-refractivity contribution in [3.05, 3.63) is 77.5 Å². The second-order valence-electron chi connectivity index (χ2n) is 6.91. The summed E-state index contributed by atoms with van der Waals surface area (Å²) in [5.41, 5.74) is 6.46. The minimum atomic E-state index is 0.556. The van der Waals surface area contributed by atoms with Crippen molar-refractivity contribution in [2.75, 3.05) is 11.9 Å². The average Bonchev–Trinajstić information content (AvgIpc) is 3.25. The summed E-state index contributed by atoms with van der Waals surface area (Å²) in [6.07, 6.45) is 1.82. The Morgan fingerprint density at radius 2 is 1.79 bits per heavy atom. The first kappa shape index (κ1) is 18.4. The van der Waals surface area contributed by atoms with Crippen molar-refractivity contribution >= 4 is 11.8 Å². The summed E-state index contributed by atoms with van der Waals surface area (Å²) in [4.78, 5) is 11.1. The number of anilines is 2. The maximum Gasteiger partial charge on any atom is 0.231 e. The van der Waals surface area contributed by atoms with Gasteiger partial charge in [0.15, 0.2) is 5.82 Å². The Hall–Kier alpha value is -3.98. The monoisotopic (exact) mass is 380 g/mol. The summed E-state index contributed by atoms with van der Waals surface area (Å²) in [6, 6.07) is 19.8. The van der Waals surface area contributed by atoms with Crippen LogP contribution in [-0.2, 0) is 0 Å². The van der Waals surface area contributed by atoms with Gasteiger partial charge in [-0.1, -0.05) is 36.4 Å². The number of benzene rings is 2. The van der Waals surface area contributed by atoms with Gasteiger partial charge in [-0.2, -0.15) is 10.4 Å². The van der Waals surface area contributed by atoms with Gasteiger partial charge < -0.3 is 0 Å². The highest BCUT2D eigenvalue weighted by molar-refractivity contribution is 5.70. The van der Waals surface area contributed by atoms with E-state index in [0.717, 1.165) is 39.5 Å². The summed E-state index contributed by atoms with van der Waals surface area (Å²) in [5, 5.41) is 16.6. The molecule has 0 saturated carbocycles. The third-order valence-corrected chi connectivity index (χ3v) is 4.86. The number of nitrogens with zero attached hydrogens (tertiary/aromatic N) is 5. The lowest BCUT2D eigenvalue weighted by atomic mass is 10.0. The van der Waals surface area contributed by atoms with E-state index in [0.29, 0.717) is 11.5 Å². The zero-order chi connectivity index (χ0) is 20.4. The van der Waals surface area contributed by atoms with Gasteiger partial charge in [0.1, 0.15) is 0 Å². The molecule has 0 aliphatic carbocycles. The van der Waals surface area contributed by atoms with E-state index in [1.54, 1.807) is 0 Å². The van der Waals surface area contributed by atoms with Crippen LogP contribution in [0, 0.1) is 25.2 Å². The van der Waals surface area contributed by atoms with Crippen molar-refractivity contribution in [3.63, 3.8) is 0 Å². The average molecular weight is 380 g/mol. The molecule has 142 valence electrons. The fraction of sp³-hybridized carbons (Fsp3) is 0.130. The highest BCUT2D eigenvalue weighted by Crippen LogP contribution is 2.29. The molecule has 29 heavy (non-hydrogen) atoms. The molecule has 2 aromatic carbocycles. The van der Waals surface area contributed by atoms with Gasteiger partial charge in [-0.3, -0.25) is 10.00 Å². The summed E-state index contributed by atoms with van der Waals surface area (Å²) in [5.74, 6) is 1.29. The van der Waals surface area contributed by atoms with Crippen LogP contribution in [0.5, 0.6) is 0 Å². The Labute approximate surface area is 169 Å². The molecule has 0 aliphatic rings. The van der Waals surface area contributed by atoms with Gasteiger partial charge >= 0.3 is 0 Å². The minimum absolute atomic E-state index is 0.556. The molecule has 0 atom stereocenters. The Morgan fingerprint density at radius 1 is 1.00 bits per heavy atom. The molecule has 0 aliphatic heterocycles. The number of aromatic nitrogens is 4. The highest BCUT2D eigenvalue weighted by atomic mass is 15.3. The van der Waals surface area contributed by atoms with Gasteiger partial charge in [0.2, 0.25) is 5.95 Å². The highest BCUT2D eigenvalue weighted by Gasteiger charge is 2.15. The molecule has 0 radical (unpaired) electrons. The zero-order valence-corrected chi connectivity index (χ0v) is 16.5. The fourth-order valence-corrected chi connectivity index (χ4v) is 3.22. The van der Waals surface area contributed by atoms with Crippen LogP contribution < -0.4 is 4.90 Å². The number of rotatable bonds is 4. The fourth-order valence-electron chi connectivity index (χ4n) is 3.22. The van der Waals surface area contributed by atoms with Crippen molar-refractivity contribution < 1.29 is 0 Å². The van der Waals surface area contributed by atoms with Gasteiger partial charge in [-0.25, -0.2) is 9.97 Å². The molecule has 0 unspecified atom stereocenters. The third-order valence-electron chi connectivity index (χ3n) is 4.86. The summed E-state index contributed by atoms with van der Waals surface area (Å²) >= 11 is 0. The van der Waals surface area contributed by atoms with Gasteiger partial charge in [0.25, 0.3) is 0 Å². The van der Waals surface area contributed by atoms with Crippen LogP contribution in [0.15, 0.2) is 60.8 Å². The maximum atomic E-state index is 9.11. The quantitative estimate of drug-likeness (QED) is 0.550. The molecule has 4 aromatic rings. The van der Waals surface area contributed by atoms with Crippen molar-refractivity contribution in [2.45, 2.75) is 13.8 Å². The number of aromatic amines is 1. The van der Waals surface area contributed by atoms with Gasteiger partial charge in [-0.15, -0.1) is 0 Å². The van der Waals surface area contributed by atoms with E-state index in [1.165, 1.54) is 0 Å². The van der Waals surface area contributed by atoms with E-state index in [1.807, 2.05) is 86.6 Å². The Balaban J connectivity index is 1.69. The Bertz CT molecular complexity index is 1200. The predicted octanol–water partition coefficient (Wildman–Crippen LogP) is 4.79. The molecule has 6 nitrogen and oxygen atoms in total. The van der Waals surface area contributed by atoms with Crippen LogP contribution in [0.4, 0.5) is 11.8 Å². The number of nitrogens with one attached hydrogen (secondary N) is 1. The topological polar surface area (TPSA) is 81.5 Å². The van der Waals surface area contributed by atoms with Crippen LogP contribution in [-0.4, -0.2) is 27.2 Å². The molecule has 0 saturated heterocycles. The van der Waals surface area contributed by atoms with Crippen molar-refractivity contribution in [1.82, 2.24) is 20.2 Å². The molecule has 4 rings (SSSR count). The molecular formula is C23H20N6. The van der Waals surface area contributed by atoms with E-state index in [2.05, 4.69) is 21.3 Å². The van der Waals surface area contributed by atoms with Crippen LogP contribution in [0.25, 0.3) is 22.5 Å². The number of hydrogen-bond donors (Lipinski definition) is 1. The standard InChI is InChI=1S/C23H20N6/c1-15-11-17(13-24)9-10-19(15)22-16(2)14-25-23(26-22)29(3)21-12-20(27-28-21)18-7-5-4-6-8-18/h4-12,14H,1-3H3,(H,27,28). The lowest BCUT2D eigenvalue weighted by Gasteiger charge is -2.16. The molecule has 0 bridgehead atoms. The Kier molecular flexibility index (Phi) is 4.80. The molecule has 0 spiro atoms. The molecular weight excluding hydrogens is 360 g/mol. The first-order valence-electron chi connectivity index (χ1n) is 9.26. The van der Waals surface area contributed by atoms with E-state index in [-0.39, 0.29) is 0 Å². The molecule has 0 fully saturated rings. The van der Waals surface area contributed by atoms with Crippen molar-refractivity contribution in [1.29, 1.82) is 5.26 Å². The van der Waals surface area contributed by atoms with E-state index < -0.39 is 0 Å². The lowest BCUT2D eigenvalue weighted by Crippen LogP contribution is -2.14. The van der Waals surface area contributed by atoms with Crippen LogP contribution >= 0.6 is 0 Å². The number of H-pyrrole nitrogens is 1. The largest absolute Gasteiger partial charge is 0.297 e. The molecule has 2 aromatic heterocycles. The summed E-state index contributed by atoms with van der Waals surface area (Å²) in [7, 11) is 1.89. The number of hydrogen-bond acceptors (Lipinski definition) is 5. The molecule has 2 heterocycles. The number of nitriles is 1. The zero-order valence-electron chi connectivity index (χ0n) is 16.5. The van der Waals surface area contributed by atoms with Crippen LogP contribution in [0.1, 0.15) is 16.7 Å². The second-order valence-corrected chi connectivity index (χ2v) is 6.91. The third kappa shape index (κ3) is 3.58. The van der Waals surface area contributed by atoms with Crippen molar-refractivity contribution in [2.24, 2.45) is 0 Å². The van der Waals surface area contributed by atoms with Gasteiger partial charge in [-0.05, 0) is 42.7 Å². The van der Waals surface area contributed by atoms with Gasteiger partial charge in [0, 0.05) is 24.9 Å². The SMILES string of the molecule is Cc1cc(C#N)ccc1-c1nc(N(C)c2cc(-c3ccccc3)[nH]n2)ncc1C. The summed E-state index contributed by atoms with van der Waals surface area (Å²) in [6.45, 7) is 3.97. The molecule has 0 amide bonds. The van der Waals surface area contributed by atoms with Crippen molar-refractivity contribution in [3.8, 4) is 28.6 Å². The van der Waals surface area contributed by atoms with Crippen LogP contribution in [0.2, 0.25) is 0 Å². The Morgan fingerprint density at radius 3 is 2.52 bits per heavy atom. The smallest absolute Gasteiger partial charge is 0.231 e. The lowest BCUT2D eigenvalue weighted by molar-refractivity contribution is 0.983. The second kappa shape index (κ2) is 7.56. The number of aryl methyl sites for hydroxylation is 2. The molecule has 6 heteroatoms. The molecule has 1 N–H and O–H groups in total. The first-order valence-corrected chi connectivity index (χ1v) is 9.26. The predicted molar refractivity (Wildman–Crippen MR) is 114 cm³/mol. The van der Waals surface area contributed by atoms with Gasteiger partial charge in [0.05, 0.1) is 23.0 Å². The van der Waals surface area contributed by atoms with E-state index >= 15 is 0 Å². The first-order chi connectivity index (χ1) is 14.1. The normalized spacial score (nSPS) is 10.6. The maximum absolute atomic E-state index is 9.11. The van der Waals surface area contributed by atoms with Crippen LogP contribution in [0.3, 0.4) is 0 Å². The minimum Gasteiger partial charge on any atom is -0.297 e. The summed E-state index contributed by atoms with van der Waals surface area (Å²) < 4.78 is 0. The van der Waals surface area contributed by atoms with E-state index in [9.17, 15) is 0 Å².